The van der Waals surface area contributed by atoms with Gasteiger partial charge < -0.3 is 10.4 Å². The van der Waals surface area contributed by atoms with Crippen LogP contribution in [0.4, 0.5) is 4.79 Å². The van der Waals surface area contributed by atoms with Crippen molar-refractivity contribution < 1.29 is 9.90 Å². The predicted octanol–water partition coefficient (Wildman–Crippen LogP) is 2.09. The number of hydrogen-bond donors (Lipinski definition) is 2. The SMILES string of the molecule is O=C(O)NCCCCN1CCc2ccccc2C1. The average Bonchev–Trinajstić information content (AvgIpc) is 2.38. The largest absolute Gasteiger partial charge is 0.465 e. The van der Waals surface area contributed by atoms with Crippen LogP contribution in [-0.2, 0) is 13.0 Å². The quantitative estimate of drug-likeness (QED) is 0.785. The van der Waals surface area contributed by atoms with E-state index in [9.17, 15) is 4.79 Å². The van der Waals surface area contributed by atoms with Crippen LogP contribution in [0.15, 0.2) is 24.3 Å². The molecular weight excluding hydrogens is 228 g/mol. The fourth-order valence-corrected chi connectivity index (χ4v) is 2.40. The second-order valence-electron chi connectivity index (χ2n) is 4.73. The molecule has 1 aromatic rings. The normalized spacial score (nSPS) is 15.1. The van der Waals surface area contributed by atoms with Crippen LogP contribution in [0.2, 0.25) is 0 Å². The van der Waals surface area contributed by atoms with E-state index in [1.165, 1.54) is 11.1 Å². The lowest BCUT2D eigenvalue weighted by Crippen LogP contribution is -2.31. The number of benzene rings is 1. The van der Waals surface area contributed by atoms with Crippen molar-refractivity contribution in [1.82, 2.24) is 10.2 Å². The maximum absolute atomic E-state index is 10.3. The molecule has 1 aromatic carbocycles. The molecule has 98 valence electrons. The van der Waals surface area contributed by atoms with Gasteiger partial charge in [-0.25, -0.2) is 4.79 Å². The molecule has 1 amide bonds. The standard InChI is InChI=1S/C14H20N2O2/c17-14(18)15-8-3-4-9-16-10-7-12-5-1-2-6-13(12)11-16/h1-2,5-6,15H,3-4,7-11H2,(H,17,18). The molecule has 0 saturated carbocycles. The highest BCUT2D eigenvalue weighted by atomic mass is 16.4. The van der Waals surface area contributed by atoms with Crippen molar-refractivity contribution in [3.8, 4) is 0 Å². The van der Waals surface area contributed by atoms with Gasteiger partial charge in [0.05, 0.1) is 0 Å². The molecule has 1 heterocycles. The molecule has 4 heteroatoms. The molecule has 0 atom stereocenters. The van der Waals surface area contributed by atoms with Gasteiger partial charge in [-0.2, -0.15) is 0 Å². The second kappa shape index (κ2) is 6.40. The summed E-state index contributed by atoms with van der Waals surface area (Å²) in [5.41, 5.74) is 2.91. The summed E-state index contributed by atoms with van der Waals surface area (Å²) in [6.07, 6.45) is 2.15. The molecule has 2 N–H and O–H groups in total. The molecule has 0 aromatic heterocycles. The van der Waals surface area contributed by atoms with E-state index in [0.717, 1.165) is 38.9 Å². The zero-order valence-electron chi connectivity index (χ0n) is 10.6. The minimum atomic E-state index is -0.929. The van der Waals surface area contributed by atoms with Gasteiger partial charge in [0.2, 0.25) is 0 Å². The van der Waals surface area contributed by atoms with Gasteiger partial charge in [0.25, 0.3) is 0 Å². The number of unbranched alkanes of at least 4 members (excludes halogenated alkanes) is 1. The smallest absolute Gasteiger partial charge is 0.404 e. The summed E-state index contributed by atoms with van der Waals surface area (Å²) in [5, 5.41) is 10.8. The highest BCUT2D eigenvalue weighted by Crippen LogP contribution is 2.18. The Bertz CT molecular complexity index is 407. The topological polar surface area (TPSA) is 52.6 Å². The van der Waals surface area contributed by atoms with Gasteiger partial charge in [0, 0.05) is 19.6 Å². The van der Waals surface area contributed by atoms with E-state index in [1.54, 1.807) is 0 Å². The molecule has 0 spiro atoms. The van der Waals surface area contributed by atoms with Crippen LogP contribution in [0.25, 0.3) is 0 Å². The second-order valence-corrected chi connectivity index (χ2v) is 4.73. The third-order valence-corrected chi connectivity index (χ3v) is 3.39. The van der Waals surface area contributed by atoms with Crippen LogP contribution in [0.3, 0.4) is 0 Å². The van der Waals surface area contributed by atoms with E-state index in [2.05, 4.69) is 34.5 Å². The fourth-order valence-electron chi connectivity index (χ4n) is 2.40. The third kappa shape index (κ3) is 3.74. The van der Waals surface area contributed by atoms with Gasteiger partial charge in [0.1, 0.15) is 0 Å². The van der Waals surface area contributed by atoms with Crippen LogP contribution in [-0.4, -0.2) is 35.7 Å². The van der Waals surface area contributed by atoms with E-state index in [0.29, 0.717) is 6.54 Å². The maximum Gasteiger partial charge on any atom is 0.404 e. The number of fused-ring (bicyclic) bond motifs is 1. The Hall–Kier alpha value is -1.55. The fraction of sp³-hybridized carbons (Fsp3) is 0.500. The number of amides is 1. The van der Waals surface area contributed by atoms with Crippen LogP contribution in [0.5, 0.6) is 0 Å². The van der Waals surface area contributed by atoms with Crippen molar-refractivity contribution in [3.63, 3.8) is 0 Å². The minimum Gasteiger partial charge on any atom is -0.465 e. The molecule has 1 aliphatic rings. The summed E-state index contributed by atoms with van der Waals surface area (Å²) in [6, 6.07) is 8.61. The van der Waals surface area contributed by atoms with Gasteiger partial charge in [-0.05, 0) is 36.9 Å². The first-order valence-corrected chi connectivity index (χ1v) is 6.51. The van der Waals surface area contributed by atoms with Crippen molar-refractivity contribution in [1.29, 1.82) is 0 Å². The zero-order chi connectivity index (χ0) is 12.8. The summed E-state index contributed by atoms with van der Waals surface area (Å²) in [4.78, 5) is 12.7. The molecule has 0 unspecified atom stereocenters. The number of nitrogens with zero attached hydrogens (tertiary/aromatic N) is 1. The number of carbonyl (C=O) groups is 1. The molecular formula is C14H20N2O2. The Morgan fingerprint density at radius 3 is 2.83 bits per heavy atom. The minimum absolute atomic E-state index is 0.555. The maximum atomic E-state index is 10.3. The first-order chi connectivity index (χ1) is 8.75. The Morgan fingerprint density at radius 2 is 2.06 bits per heavy atom. The van der Waals surface area contributed by atoms with E-state index in [-0.39, 0.29) is 0 Å². The van der Waals surface area contributed by atoms with Crippen molar-refractivity contribution >= 4 is 6.09 Å². The van der Waals surface area contributed by atoms with E-state index in [1.807, 2.05) is 0 Å². The summed E-state index contributed by atoms with van der Waals surface area (Å²) in [5.74, 6) is 0. The summed E-state index contributed by atoms with van der Waals surface area (Å²) < 4.78 is 0. The first kappa shape index (κ1) is 12.9. The van der Waals surface area contributed by atoms with E-state index >= 15 is 0 Å². The van der Waals surface area contributed by atoms with Crippen molar-refractivity contribution in [2.24, 2.45) is 0 Å². The molecule has 4 nitrogen and oxygen atoms in total. The molecule has 18 heavy (non-hydrogen) atoms. The Balaban J connectivity index is 1.68. The molecule has 0 aliphatic carbocycles. The van der Waals surface area contributed by atoms with Gasteiger partial charge in [-0.15, -0.1) is 0 Å². The molecule has 0 bridgehead atoms. The lowest BCUT2D eigenvalue weighted by Gasteiger charge is -2.28. The van der Waals surface area contributed by atoms with Crippen molar-refractivity contribution in [2.45, 2.75) is 25.8 Å². The van der Waals surface area contributed by atoms with Crippen LogP contribution in [0, 0.1) is 0 Å². The van der Waals surface area contributed by atoms with Crippen molar-refractivity contribution in [2.75, 3.05) is 19.6 Å². The van der Waals surface area contributed by atoms with Crippen molar-refractivity contribution in [3.05, 3.63) is 35.4 Å². The summed E-state index contributed by atoms with van der Waals surface area (Å²) in [7, 11) is 0. The van der Waals surface area contributed by atoms with Gasteiger partial charge in [0.15, 0.2) is 0 Å². The molecule has 0 fully saturated rings. The van der Waals surface area contributed by atoms with Gasteiger partial charge in [-0.3, -0.25) is 4.90 Å². The lowest BCUT2D eigenvalue weighted by molar-refractivity contribution is 0.193. The number of carboxylic acid groups (broad SMARTS) is 1. The summed E-state index contributed by atoms with van der Waals surface area (Å²) >= 11 is 0. The number of rotatable bonds is 5. The van der Waals surface area contributed by atoms with E-state index < -0.39 is 6.09 Å². The average molecular weight is 248 g/mol. The van der Waals surface area contributed by atoms with Crippen LogP contribution >= 0.6 is 0 Å². The highest BCUT2D eigenvalue weighted by Gasteiger charge is 2.14. The monoisotopic (exact) mass is 248 g/mol. The van der Waals surface area contributed by atoms with Gasteiger partial charge in [-0.1, -0.05) is 24.3 Å². The Morgan fingerprint density at radius 1 is 1.28 bits per heavy atom. The van der Waals surface area contributed by atoms with E-state index in [4.69, 9.17) is 5.11 Å². The lowest BCUT2D eigenvalue weighted by atomic mass is 10.00. The zero-order valence-corrected chi connectivity index (χ0v) is 10.6. The number of nitrogens with one attached hydrogen (secondary N) is 1. The van der Waals surface area contributed by atoms with Gasteiger partial charge >= 0.3 is 6.09 Å². The molecule has 0 radical (unpaired) electrons. The van der Waals surface area contributed by atoms with Crippen LogP contribution in [0.1, 0.15) is 24.0 Å². The molecule has 1 aliphatic heterocycles. The molecule has 0 saturated heterocycles. The van der Waals surface area contributed by atoms with Crippen LogP contribution < -0.4 is 5.32 Å². The highest BCUT2D eigenvalue weighted by molar-refractivity contribution is 5.64. The molecule has 2 rings (SSSR count). The number of hydrogen-bond acceptors (Lipinski definition) is 2. The third-order valence-electron chi connectivity index (χ3n) is 3.39. The Kier molecular flexibility index (Phi) is 4.59. The Labute approximate surface area is 108 Å². The first-order valence-electron chi connectivity index (χ1n) is 6.51. The predicted molar refractivity (Wildman–Crippen MR) is 70.7 cm³/mol. The summed E-state index contributed by atoms with van der Waals surface area (Å²) in [6.45, 7) is 3.75.